The van der Waals surface area contributed by atoms with Crippen LogP contribution >= 0.6 is 27.5 Å². The van der Waals surface area contributed by atoms with Crippen molar-refractivity contribution < 1.29 is 4.79 Å². The third-order valence-corrected chi connectivity index (χ3v) is 2.34. The topological polar surface area (TPSA) is 43.1 Å². The molecule has 1 aromatic carbocycles. The van der Waals surface area contributed by atoms with Crippen LogP contribution in [0.3, 0.4) is 0 Å². The van der Waals surface area contributed by atoms with E-state index in [0.29, 0.717) is 6.54 Å². The summed E-state index contributed by atoms with van der Waals surface area (Å²) in [5, 5.41) is -0.368. The number of halogens is 2. The minimum Gasteiger partial charge on any atom is -0.326 e. The van der Waals surface area contributed by atoms with E-state index in [9.17, 15) is 4.79 Å². The second-order valence-corrected chi connectivity index (χ2v) is 3.99. The van der Waals surface area contributed by atoms with Crippen molar-refractivity contribution in [2.24, 2.45) is 5.73 Å². The van der Waals surface area contributed by atoms with Gasteiger partial charge in [0, 0.05) is 17.4 Å². The summed E-state index contributed by atoms with van der Waals surface area (Å²) in [7, 11) is 0. The molecule has 2 nitrogen and oxygen atoms in total. The Morgan fingerprint density at radius 1 is 1.46 bits per heavy atom. The Labute approximate surface area is 90.2 Å². The van der Waals surface area contributed by atoms with Gasteiger partial charge in [0.25, 0.3) is 0 Å². The Morgan fingerprint density at radius 3 is 2.69 bits per heavy atom. The van der Waals surface area contributed by atoms with Gasteiger partial charge in [-0.25, -0.2) is 0 Å². The molecule has 0 aromatic heterocycles. The first-order valence-corrected chi connectivity index (χ1v) is 4.96. The number of carbonyl (C=O) groups is 1. The van der Waals surface area contributed by atoms with Gasteiger partial charge >= 0.3 is 0 Å². The summed E-state index contributed by atoms with van der Waals surface area (Å²) < 4.78 is 0.928. The molecule has 1 rings (SSSR count). The van der Waals surface area contributed by atoms with E-state index in [-0.39, 0.29) is 11.7 Å². The highest BCUT2D eigenvalue weighted by molar-refractivity contribution is 9.10. The Kier molecular flexibility index (Phi) is 3.90. The Morgan fingerprint density at radius 2 is 2.15 bits per heavy atom. The molecule has 0 bridgehead atoms. The average Bonchev–Trinajstić information content (AvgIpc) is 2.03. The molecule has 0 aliphatic carbocycles. The molecule has 13 heavy (non-hydrogen) atoms. The van der Waals surface area contributed by atoms with Gasteiger partial charge < -0.3 is 5.73 Å². The van der Waals surface area contributed by atoms with Gasteiger partial charge in [-0.1, -0.05) is 22.0 Å². The lowest BCUT2D eigenvalue weighted by Crippen LogP contribution is -2.04. The molecule has 0 spiro atoms. The summed E-state index contributed by atoms with van der Waals surface area (Å²) >= 11 is 8.62. The Balaban J connectivity index is 3.01. The zero-order chi connectivity index (χ0) is 9.84. The molecule has 1 aromatic rings. The molecule has 0 unspecified atom stereocenters. The van der Waals surface area contributed by atoms with E-state index in [4.69, 9.17) is 17.3 Å². The lowest BCUT2D eigenvalue weighted by Gasteiger charge is -2.05. The molecule has 2 N–H and O–H groups in total. The van der Waals surface area contributed by atoms with Crippen LogP contribution in [-0.4, -0.2) is 5.24 Å². The summed E-state index contributed by atoms with van der Waals surface area (Å²) in [6.07, 6.45) is 0.230. The standard InChI is InChI=1S/C9H9BrClNO/c10-8-2-1-6(5-12)7(3-8)4-9(11)13/h1-3H,4-5,12H2. The van der Waals surface area contributed by atoms with Gasteiger partial charge in [0.05, 0.1) is 0 Å². The van der Waals surface area contributed by atoms with Gasteiger partial charge in [-0.3, -0.25) is 4.79 Å². The van der Waals surface area contributed by atoms with Crippen LogP contribution in [0.5, 0.6) is 0 Å². The summed E-state index contributed by atoms with van der Waals surface area (Å²) in [5.41, 5.74) is 7.35. The van der Waals surface area contributed by atoms with Crippen LogP contribution in [0.15, 0.2) is 22.7 Å². The van der Waals surface area contributed by atoms with Crippen LogP contribution in [0.2, 0.25) is 0 Å². The van der Waals surface area contributed by atoms with Crippen LogP contribution < -0.4 is 5.73 Å². The highest BCUT2D eigenvalue weighted by Gasteiger charge is 2.05. The average molecular weight is 263 g/mol. The van der Waals surface area contributed by atoms with E-state index < -0.39 is 0 Å². The van der Waals surface area contributed by atoms with Crippen molar-refractivity contribution in [2.75, 3.05) is 0 Å². The van der Waals surface area contributed by atoms with E-state index in [1.807, 2.05) is 18.2 Å². The van der Waals surface area contributed by atoms with E-state index in [1.54, 1.807) is 0 Å². The number of hydrogen-bond donors (Lipinski definition) is 1. The molecular weight excluding hydrogens is 253 g/mol. The molecule has 0 atom stereocenters. The second kappa shape index (κ2) is 4.74. The quantitative estimate of drug-likeness (QED) is 0.849. The molecule has 4 heteroatoms. The monoisotopic (exact) mass is 261 g/mol. The van der Waals surface area contributed by atoms with Gasteiger partial charge in [-0.05, 0) is 34.9 Å². The predicted molar refractivity (Wildman–Crippen MR) is 56.6 cm³/mol. The normalized spacial score (nSPS) is 10.1. The fourth-order valence-electron chi connectivity index (χ4n) is 1.11. The maximum absolute atomic E-state index is 10.7. The molecule has 70 valence electrons. The molecule has 0 fully saturated rings. The molecular formula is C9H9BrClNO. The molecule has 0 aliphatic rings. The first-order valence-electron chi connectivity index (χ1n) is 3.79. The van der Waals surface area contributed by atoms with Gasteiger partial charge in [0.1, 0.15) is 0 Å². The van der Waals surface area contributed by atoms with E-state index in [2.05, 4.69) is 15.9 Å². The maximum Gasteiger partial charge on any atom is 0.226 e. The van der Waals surface area contributed by atoms with Crippen LogP contribution in [0.25, 0.3) is 0 Å². The summed E-state index contributed by atoms with van der Waals surface area (Å²) in [4.78, 5) is 10.7. The molecule has 0 aliphatic heterocycles. The van der Waals surface area contributed by atoms with Crippen LogP contribution in [0.1, 0.15) is 11.1 Å². The number of rotatable bonds is 3. The smallest absolute Gasteiger partial charge is 0.226 e. The second-order valence-electron chi connectivity index (χ2n) is 2.65. The fraction of sp³-hybridized carbons (Fsp3) is 0.222. The minimum atomic E-state index is -0.368. The van der Waals surface area contributed by atoms with Crippen molar-refractivity contribution in [3.05, 3.63) is 33.8 Å². The third-order valence-electron chi connectivity index (χ3n) is 1.72. The van der Waals surface area contributed by atoms with Crippen LogP contribution in [0, 0.1) is 0 Å². The summed E-state index contributed by atoms with van der Waals surface area (Å²) in [5.74, 6) is 0. The molecule has 0 saturated carbocycles. The highest BCUT2D eigenvalue weighted by Crippen LogP contribution is 2.17. The summed E-state index contributed by atoms with van der Waals surface area (Å²) in [6.45, 7) is 0.423. The van der Waals surface area contributed by atoms with Crippen LogP contribution in [-0.2, 0) is 17.8 Å². The van der Waals surface area contributed by atoms with Gasteiger partial charge in [-0.2, -0.15) is 0 Å². The number of benzene rings is 1. The van der Waals surface area contributed by atoms with Crippen molar-refractivity contribution >= 4 is 32.8 Å². The Bertz CT molecular complexity index is 327. The van der Waals surface area contributed by atoms with Gasteiger partial charge in [0.15, 0.2) is 0 Å². The van der Waals surface area contributed by atoms with E-state index in [0.717, 1.165) is 15.6 Å². The van der Waals surface area contributed by atoms with Crippen molar-refractivity contribution in [3.63, 3.8) is 0 Å². The summed E-state index contributed by atoms with van der Waals surface area (Å²) in [6, 6.07) is 5.64. The lowest BCUT2D eigenvalue weighted by atomic mass is 10.1. The largest absolute Gasteiger partial charge is 0.326 e. The van der Waals surface area contributed by atoms with Crippen molar-refractivity contribution in [1.29, 1.82) is 0 Å². The maximum atomic E-state index is 10.7. The minimum absolute atomic E-state index is 0.230. The van der Waals surface area contributed by atoms with E-state index >= 15 is 0 Å². The molecule has 0 saturated heterocycles. The van der Waals surface area contributed by atoms with Crippen LogP contribution in [0.4, 0.5) is 0 Å². The highest BCUT2D eigenvalue weighted by atomic mass is 79.9. The van der Waals surface area contributed by atoms with Crippen molar-refractivity contribution in [1.82, 2.24) is 0 Å². The molecule has 0 amide bonds. The lowest BCUT2D eigenvalue weighted by molar-refractivity contribution is -0.111. The number of hydrogen-bond acceptors (Lipinski definition) is 2. The number of nitrogens with two attached hydrogens (primary N) is 1. The predicted octanol–water partition coefficient (Wildman–Crippen LogP) is 2.22. The van der Waals surface area contributed by atoms with Gasteiger partial charge in [0.2, 0.25) is 5.24 Å². The SMILES string of the molecule is NCc1ccc(Br)cc1CC(=O)Cl. The third kappa shape index (κ3) is 3.10. The van der Waals surface area contributed by atoms with Gasteiger partial charge in [-0.15, -0.1) is 0 Å². The first kappa shape index (κ1) is 10.7. The Hall–Kier alpha value is -0.380. The fourth-order valence-corrected chi connectivity index (χ4v) is 1.66. The zero-order valence-corrected chi connectivity index (χ0v) is 9.23. The van der Waals surface area contributed by atoms with Crippen molar-refractivity contribution in [2.45, 2.75) is 13.0 Å². The molecule has 0 radical (unpaired) electrons. The first-order chi connectivity index (χ1) is 6.13. The number of carbonyl (C=O) groups excluding carboxylic acids is 1. The van der Waals surface area contributed by atoms with E-state index in [1.165, 1.54) is 0 Å². The molecule has 0 heterocycles. The zero-order valence-electron chi connectivity index (χ0n) is 6.89. The van der Waals surface area contributed by atoms with Crippen molar-refractivity contribution in [3.8, 4) is 0 Å².